The molecule has 0 aliphatic heterocycles. The summed E-state index contributed by atoms with van der Waals surface area (Å²) in [5.74, 6) is -0.0129. The number of hydrogen-bond acceptors (Lipinski definition) is 2. The van der Waals surface area contributed by atoms with Crippen LogP contribution in [0.15, 0.2) is 0 Å². The molecule has 0 heterocycles. The molecule has 0 aromatic carbocycles. The van der Waals surface area contributed by atoms with E-state index in [1.807, 2.05) is 0 Å². The van der Waals surface area contributed by atoms with Crippen molar-refractivity contribution in [1.29, 1.82) is 0 Å². The number of esters is 1. The molecule has 0 aromatic rings. The molecule has 0 unspecified atom stereocenters. The Morgan fingerprint density at radius 2 is 1.26 bits per heavy atom. The molecule has 0 saturated carbocycles. The Labute approximate surface area is 145 Å². The summed E-state index contributed by atoms with van der Waals surface area (Å²) in [6.07, 6.45) is 14.3. The molecule has 3 nitrogen and oxygen atoms in total. The number of unbranched alkanes of at least 4 members (excludes halogenated alkanes) is 8. The summed E-state index contributed by atoms with van der Waals surface area (Å²) in [4.78, 5) is 11.7. The van der Waals surface area contributed by atoms with Crippen molar-refractivity contribution < 1.29 is 14.0 Å². The maximum absolute atomic E-state index is 11.7. The third-order valence-electron chi connectivity index (χ3n) is 4.52. The third-order valence-corrected chi connectivity index (χ3v) is 4.52. The van der Waals surface area contributed by atoms with Crippen LogP contribution in [-0.4, -0.2) is 44.2 Å². The van der Waals surface area contributed by atoms with Crippen molar-refractivity contribution in [2.45, 2.75) is 90.9 Å². The van der Waals surface area contributed by atoms with Crippen LogP contribution in [0.5, 0.6) is 0 Å². The molecule has 0 atom stereocenters. The molecule has 0 fully saturated rings. The van der Waals surface area contributed by atoms with Gasteiger partial charge in [-0.25, -0.2) is 0 Å². The SMILES string of the molecule is CCCCCCCC[N+](C)(C)CCCC(=O)OCCCCCC. The summed E-state index contributed by atoms with van der Waals surface area (Å²) in [6, 6.07) is 0. The quantitative estimate of drug-likeness (QED) is 0.217. The largest absolute Gasteiger partial charge is 0.466 e. The van der Waals surface area contributed by atoms with Crippen molar-refractivity contribution in [2.24, 2.45) is 0 Å². The molecule has 138 valence electrons. The molecule has 0 aliphatic rings. The van der Waals surface area contributed by atoms with Gasteiger partial charge < -0.3 is 9.22 Å². The first-order valence-corrected chi connectivity index (χ1v) is 9.99. The Bertz CT molecular complexity index is 277. The first kappa shape index (κ1) is 22.4. The van der Waals surface area contributed by atoms with Gasteiger partial charge in [-0.15, -0.1) is 0 Å². The van der Waals surface area contributed by atoms with Crippen LogP contribution in [0.1, 0.15) is 90.9 Å². The Morgan fingerprint density at radius 1 is 0.739 bits per heavy atom. The lowest BCUT2D eigenvalue weighted by Gasteiger charge is -2.29. The van der Waals surface area contributed by atoms with E-state index in [0.717, 1.165) is 23.9 Å². The topological polar surface area (TPSA) is 26.3 Å². The van der Waals surface area contributed by atoms with Crippen LogP contribution in [0, 0.1) is 0 Å². The maximum Gasteiger partial charge on any atom is 0.306 e. The second kappa shape index (κ2) is 15.0. The van der Waals surface area contributed by atoms with E-state index in [0.29, 0.717) is 13.0 Å². The fraction of sp³-hybridized carbons (Fsp3) is 0.950. The van der Waals surface area contributed by atoms with Gasteiger partial charge in [-0.1, -0.05) is 58.8 Å². The number of ether oxygens (including phenoxy) is 1. The van der Waals surface area contributed by atoms with Crippen molar-refractivity contribution in [2.75, 3.05) is 33.8 Å². The normalized spacial score (nSPS) is 11.7. The summed E-state index contributed by atoms with van der Waals surface area (Å²) in [5.41, 5.74) is 0. The Kier molecular flexibility index (Phi) is 14.6. The molecule has 3 heteroatoms. The summed E-state index contributed by atoms with van der Waals surface area (Å²) >= 11 is 0. The van der Waals surface area contributed by atoms with Crippen LogP contribution >= 0.6 is 0 Å². The van der Waals surface area contributed by atoms with Gasteiger partial charge in [-0.3, -0.25) is 4.79 Å². The zero-order chi connectivity index (χ0) is 17.4. The predicted octanol–water partition coefficient (Wildman–Crippen LogP) is 5.33. The van der Waals surface area contributed by atoms with Crippen LogP contribution in [-0.2, 0) is 9.53 Å². The van der Waals surface area contributed by atoms with Crippen molar-refractivity contribution in [3.05, 3.63) is 0 Å². The number of hydrogen-bond donors (Lipinski definition) is 0. The number of carbonyl (C=O) groups is 1. The van der Waals surface area contributed by atoms with Crippen LogP contribution in [0.3, 0.4) is 0 Å². The average Bonchev–Trinajstić information content (AvgIpc) is 2.50. The Balaban J connectivity index is 3.54. The third kappa shape index (κ3) is 16.1. The number of carbonyl (C=O) groups excluding carboxylic acids is 1. The van der Waals surface area contributed by atoms with Gasteiger partial charge in [0.05, 0.1) is 40.2 Å². The van der Waals surface area contributed by atoms with Gasteiger partial charge in [0.25, 0.3) is 0 Å². The van der Waals surface area contributed by atoms with E-state index in [1.165, 1.54) is 64.3 Å². The van der Waals surface area contributed by atoms with E-state index in [1.54, 1.807) is 0 Å². The second-order valence-corrected chi connectivity index (χ2v) is 7.54. The monoisotopic (exact) mass is 328 g/mol. The summed E-state index contributed by atoms with van der Waals surface area (Å²) < 4.78 is 6.32. The maximum atomic E-state index is 11.7. The van der Waals surface area contributed by atoms with Crippen molar-refractivity contribution >= 4 is 5.97 Å². The molecule has 0 bridgehead atoms. The lowest BCUT2D eigenvalue weighted by molar-refractivity contribution is -0.890. The zero-order valence-electron chi connectivity index (χ0n) is 16.4. The highest BCUT2D eigenvalue weighted by molar-refractivity contribution is 5.69. The average molecular weight is 329 g/mol. The van der Waals surface area contributed by atoms with E-state index in [9.17, 15) is 4.79 Å². The van der Waals surface area contributed by atoms with Crippen LogP contribution in [0.2, 0.25) is 0 Å². The molecule has 23 heavy (non-hydrogen) atoms. The van der Waals surface area contributed by atoms with Gasteiger partial charge >= 0.3 is 5.97 Å². The van der Waals surface area contributed by atoms with Crippen molar-refractivity contribution in [1.82, 2.24) is 0 Å². The van der Waals surface area contributed by atoms with Crippen LogP contribution < -0.4 is 0 Å². The van der Waals surface area contributed by atoms with E-state index >= 15 is 0 Å². The number of rotatable bonds is 16. The summed E-state index contributed by atoms with van der Waals surface area (Å²) in [5, 5.41) is 0. The summed E-state index contributed by atoms with van der Waals surface area (Å²) in [7, 11) is 4.56. The minimum absolute atomic E-state index is 0.0129. The molecule has 0 radical (unpaired) electrons. The Morgan fingerprint density at radius 3 is 1.91 bits per heavy atom. The van der Waals surface area contributed by atoms with E-state index in [-0.39, 0.29) is 5.97 Å². The van der Waals surface area contributed by atoms with Crippen molar-refractivity contribution in [3.63, 3.8) is 0 Å². The van der Waals surface area contributed by atoms with Crippen LogP contribution in [0.25, 0.3) is 0 Å². The fourth-order valence-electron chi connectivity index (χ4n) is 2.87. The van der Waals surface area contributed by atoms with Crippen molar-refractivity contribution in [3.8, 4) is 0 Å². The first-order chi connectivity index (χ1) is 11.0. The highest BCUT2D eigenvalue weighted by Crippen LogP contribution is 2.10. The van der Waals surface area contributed by atoms with E-state index in [4.69, 9.17) is 4.74 Å². The molecule has 0 aliphatic carbocycles. The smallest absolute Gasteiger partial charge is 0.306 e. The van der Waals surface area contributed by atoms with Gasteiger partial charge in [0.15, 0.2) is 0 Å². The number of quaternary nitrogens is 1. The summed E-state index contributed by atoms with van der Waals surface area (Å²) in [6.45, 7) is 7.35. The molecule has 0 spiro atoms. The van der Waals surface area contributed by atoms with Crippen LogP contribution in [0.4, 0.5) is 0 Å². The minimum Gasteiger partial charge on any atom is -0.466 e. The van der Waals surface area contributed by atoms with Gasteiger partial charge in [0.1, 0.15) is 0 Å². The molecule has 0 aromatic heterocycles. The van der Waals surface area contributed by atoms with Gasteiger partial charge in [-0.2, -0.15) is 0 Å². The van der Waals surface area contributed by atoms with E-state index in [2.05, 4.69) is 27.9 Å². The first-order valence-electron chi connectivity index (χ1n) is 9.99. The lowest BCUT2D eigenvalue weighted by Crippen LogP contribution is -2.41. The highest BCUT2D eigenvalue weighted by atomic mass is 16.5. The standard InChI is InChI=1S/C20H42NO2/c1-5-7-9-11-12-13-17-21(3,4)18-15-16-20(22)23-19-14-10-8-6-2/h5-19H2,1-4H3/q+1. The zero-order valence-corrected chi connectivity index (χ0v) is 16.4. The molecular formula is C20H42NO2+. The molecule has 0 N–H and O–H groups in total. The molecule has 0 saturated heterocycles. The highest BCUT2D eigenvalue weighted by Gasteiger charge is 2.15. The minimum atomic E-state index is -0.0129. The second-order valence-electron chi connectivity index (χ2n) is 7.54. The van der Waals surface area contributed by atoms with E-state index < -0.39 is 0 Å². The lowest BCUT2D eigenvalue weighted by atomic mass is 10.1. The molecule has 0 amide bonds. The Hall–Kier alpha value is -0.570. The molecular weight excluding hydrogens is 286 g/mol. The van der Waals surface area contributed by atoms with Gasteiger partial charge in [0, 0.05) is 6.42 Å². The number of nitrogens with zero attached hydrogens (tertiary/aromatic N) is 1. The van der Waals surface area contributed by atoms with Gasteiger partial charge in [-0.05, 0) is 19.3 Å². The molecule has 0 rings (SSSR count). The predicted molar refractivity (Wildman–Crippen MR) is 99.6 cm³/mol. The fourth-order valence-corrected chi connectivity index (χ4v) is 2.87. The van der Waals surface area contributed by atoms with Gasteiger partial charge in [0.2, 0.25) is 0 Å².